The van der Waals surface area contributed by atoms with Crippen molar-refractivity contribution >= 4 is 29.1 Å². The molecule has 0 saturated carbocycles. The Hall–Kier alpha value is -3.15. The predicted octanol–water partition coefficient (Wildman–Crippen LogP) is 2.20. The van der Waals surface area contributed by atoms with Gasteiger partial charge in [-0.3, -0.25) is 19.3 Å². The standard InChI is InChI=1S/C18H17N3O3/c1-11-10-12(19)6-7-15(11)20-16(22)8-9-21-17(23)13-4-2-3-5-14(13)18(21)24/h2-7,10H,8-9,19H2,1H3,(H,20,22). The monoisotopic (exact) mass is 323 g/mol. The molecule has 122 valence electrons. The number of nitrogen functional groups attached to an aromatic ring is 1. The highest BCUT2D eigenvalue weighted by Gasteiger charge is 2.34. The number of nitrogens with two attached hydrogens (primary N) is 1. The van der Waals surface area contributed by atoms with Crippen molar-refractivity contribution in [2.75, 3.05) is 17.6 Å². The smallest absolute Gasteiger partial charge is 0.261 e. The van der Waals surface area contributed by atoms with Gasteiger partial charge >= 0.3 is 0 Å². The summed E-state index contributed by atoms with van der Waals surface area (Å²) in [6, 6.07) is 11.9. The van der Waals surface area contributed by atoms with E-state index >= 15 is 0 Å². The van der Waals surface area contributed by atoms with Crippen LogP contribution in [-0.2, 0) is 4.79 Å². The lowest BCUT2D eigenvalue weighted by molar-refractivity contribution is -0.116. The molecule has 0 bridgehead atoms. The van der Waals surface area contributed by atoms with Gasteiger partial charge < -0.3 is 11.1 Å². The summed E-state index contributed by atoms with van der Waals surface area (Å²) < 4.78 is 0. The molecule has 3 rings (SSSR count). The molecule has 6 nitrogen and oxygen atoms in total. The molecule has 6 heteroatoms. The number of hydrogen-bond acceptors (Lipinski definition) is 4. The van der Waals surface area contributed by atoms with E-state index in [0.29, 0.717) is 22.5 Å². The van der Waals surface area contributed by atoms with Crippen molar-refractivity contribution < 1.29 is 14.4 Å². The van der Waals surface area contributed by atoms with Gasteiger partial charge in [0.05, 0.1) is 11.1 Å². The molecule has 0 radical (unpaired) electrons. The highest BCUT2D eigenvalue weighted by atomic mass is 16.2. The van der Waals surface area contributed by atoms with Crippen molar-refractivity contribution in [2.45, 2.75) is 13.3 Å². The number of anilines is 2. The minimum absolute atomic E-state index is 0.0370. The van der Waals surface area contributed by atoms with E-state index in [9.17, 15) is 14.4 Å². The van der Waals surface area contributed by atoms with Crippen LogP contribution in [0.4, 0.5) is 11.4 Å². The van der Waals surface area contributed by atoms with Crippen molar-refractivity contribution in [3.05, 3.63) is 59.2 Å². The molecule has 1 aliphatic heterocycles. The Balaban J connectivity index is 1.63. The molecule has 1 heterocycles. The van der Waals surface area contributed by atoms with Gasteiger partial charge in [-0.05, 0) is 42.8 Å². The lowest BCUT2D eigenvalue weighted by Gasteiger charge is -2.14. The van der Waals surface area contributed by atoms with Crippen molar-refractivity contribution in [3.63, 3.8) is 0 Å². The number of carbonyl (C=O) groups is 3. The molecule has 0 saturated heterocycles. The maximum Gasteiger partial charge on any atom is 0.261 e. The lowest BCUT2D eigenvalue weighted by atomic mass is 10.1. The zero-order valence-electron chi connectivity index (χ0n) is 13.2. The molecule has 0 aromatic heterocycles. The Labute approximate surface area is 139 Å². The first-order valence-electron chi connectivity index (χ1n) is 7.58. The minimum atomic E-state index is -0.355. The van der Waals surface area contributed by atoms with E-state index in [4.69, 9.17) is 5.73 Å². The molecule has 2 aromatic carbocycles. The van der Waals surface area contributed by atoms with Gasteiger partial charge in [-0.2, -0.15) is 0 Å². The van der Waals surface area contributed by atoms with Gasteiger partial charge in [0.15, 0.2) is 0 Å². The zero-order valence-corrected chi connectivity index (χ0v) is 13.2. The van der Waals surface area contributed by atoms with Crippen LogP contribution < -0.4 is 11.1 Å². The first-order chi connectivity index (χ1) is 11.5. The molecule has 3 amide bonds. The van der Waals surface area contributed by atoms with Crippen LogP contribution in [0.3, 0.4) is 0 Å². The molecule has 3 N–H and O–H groups in total. The first-order valence-corrected chi connectivity index (χ1v) is 7.58. The number of hydrogen-bond donors (Lipinski definition) is 2. The largest absolute Gasteiger partial charge is 0.399 e. The quantitative estimate of drug-likeness (QED) is 0.666. The van der Waals surface area contributed by atoms with Crippen LogP contribution in [0, 0.1) is 6.92 Å². The summed E-state index contributed by atoms with van der Waals surface area (Å²) in [5.41, 5.74) is 8.59. The number of benzene rings is 2. The number of amides is 3. The lowest BCUT2D eigenvalue weighted by Crippen LogP contribution is -2.32. The molecular weight excluding hydrogens is 306 g/mol. The van der Waals surface area contributed by atoms with E-state index in [1.807, 2.05) is 6.92 Å². The average molecular weight is 323 g/mol. The molecule has 0 spiro atoms. The fraction of sp³-hybridized carbons (Fsp3) is 0.167. The molecule has 0 aliphatic carbocycles. The third kappa shape index (κ3) is 2.86. The second-order valence-electron chi connectivity index (χ2n) is 5.68. The van der Waals surface area contributed by atoms with Crippen LogP contribution in [0.2, 0.25) is 0 Å². The summed E-state index contributed by atoms with van der Waals surface area (Å²) in [7, 11) is 0. The normalized spacial score (nSPS) is 13.1. The van der Waals surface area contributed by atoms with Crippen LogP contribution in [0.15, 0.2) is 42.5 Å². The Kier molecular flexibility index (Phi) is 4.04. The van der Waals surface area contributed by atoms with Crippen molar-refractivity contribution in [1.82, 2.24) is 4.90 Å². The summed E-state index contributed by atoms with van der Waals surface area (Å²) in [5.74, 6) is -0.974. The van der Waals surface area contributed by atoms with E-state index in [2.05, 4.69) is 5.32 Å². The number of fused-ring (bicyclic) bond motifs is 1. The average Bonchev–Trinajstić information content (AvgIpc) is 2.80. The Bertz CT molecular complexity index is 810. The maximum absolute atomic E-state index is 12.2. The third-order valence-electron chi connectivity index (χ3n) is 3.97. The van der Waals surface area contributed by atoms with Crippen LogP contribution >= 0.6 is 0 Å². The van der Waals surface area contributed by atoms with Gasteiger partial charge in [0.1, 0.15) is 0 Å². The molecule has 24 heavy (non-hydrogen) atoms. The summed E-state index contributed by atoms with van der Waals surface area (Å²) in [6.07, 6.45) is 0.0370. The number of nitrogens with zero attached hydrogens (tertiary/aromatic N) is 1. The van der Waals surface area contributed by atoms with Crippen molar-refractivity contribution in [3.8, 4) is 0 Å². The maximum atomic E-state index is 12.2. The fourth-order valence-corrected chi connectivity index (χ4v) is 2.70. The number of carbonyl (C=O) groups excluding carboxylic acids is 3. The van der Waals surface area contributed by atoms with E-state index in [-0.39, 0.29) is 30.7 Å². The molecule has 1 aliphatic rings. The third-order valence-corrected chi connectivity index (χ3v) is 3.97. The first kappa shape index (κ1) is 15.7. The van der Waals surface area contributed by atoms with Crippen molar-refractivity contribution in [1.29, 1.82) is 0 Å². The van der Waals surface area contributed by atoms with Gasteiger partial charge in [-0.15, -0.1) is 0 Å². The Morgan fingerprint density at radius 3 is 2.29 bits per heavy atom. The molecule has 2 aromatic rings. The molecular formula is C18H17N3O3. The Morgan fingerprint density at radius 1 is 1.08 bits per heavy atom. The van der Waals surface area contributed by atoms with Gasteiger partial charge in [-0.25, -0.2) is 0 Å². The van der Waals surface area contributed by atoms with Crippen molar-refractivity contribution in [2.24, 2.45) is 0 Å². The summed E-state index contributed by atoms with van der Waals surface area (Å²) in [6.45, 7) is 1.89. The Morgan fingerprint density at radius 2 is 1.71 bits per heavy atom. The molecule has 0 atom stereocenters. The number of nitrogens with one attached hydrogen (secondary N) is 1. The molecule has 0 fully saturated rings. The number of imide groups is 1. The van der Waals surface area contributed by atoms with Crippen LogP contribution in [0.1, 0.15) is 32.7 Å². The molecule has 0 unspecified atom stereocenters. The van der Waals surface area contributed by atoms with Crippen LogP contribution in [0.25, 0.3) is 0 Å². The van der Waals surface area contributed by atoms with Gasteiger partial charge in [0.2, 0.25) is 5.91 Å². The summed E-state index contributed by atoms with van der Waals surface area (Å²) in [4.78, 5) is 37.7. The topological polar surface area (TPSA) is 92.5 Å². The number of aryl methyl sites for hydroxylation is 1. The summed E-state index contributed by atoms with van der Waals surface area (Å²) in [5, 5.41) is 2.77. The SMILES string of the molecule is Cc1cc(N)ccc1NC(=O)CCN1C(=O)c2ccccc2C1=O. The zero-order chi connectivity index (χ0) is 17.3. The second-order valence-corrected chi connectivity index (χ2v) is 5.68. The predicted molar refractivity (Wildman–Crippen MR) is 90.6 cm³/mol. The summed E-state index contributed by atoms with van der Waals surface area (Å²) >= 11 is 0. The minimum Gasteiger partial charge on any atom is -0.399 e. The van der Waals surface area contributed by atoms with E-state index in [1.165, 1.54) is 0 Å². The highest BCUT2D eigenvalue weighted by Crippen LogP contribution is 2.23. The van der Waals surface area contributed by atoms with Gasteiger partial charge in [-0.1, -0.05) is 12.1 Å². The van der Waals surface area contributed by atoms with E-state index in [1.54, 1.807) is 42.5 Å². The highest BCUT2D eigenvalue weighted by molar-refractivity contribution is 6.21. The van der Waals surface area contributed by atoms with Crippen LogP contribution in [-0.4, -0.2) is 29.2 Å². The second kappa shape index (κ2) is 6.16. The van der Waals surface area contributed by atoms with E-state index < -0.39 is 0 Å². The van der Waals surface area contributed by atoms with Crippen LogP contribution in [0.5, 0.6) is 0 Å². The fourth-order valence-electron chi connectivity index (χ4n) is 2.70. The van der Waals surface area contributed by atoms with Gasteiger partial charge in [0.25, 0.3) is 11.8 Å². The number of rotatable bonds is 4. The van der Waals surface area contributed by atoms with E-state index in [0.717, 1.165) is 10.5 Å². The van der Waals surface area contributed by atoms with Gasteiger partial charge in [0, 0.05) is 24.3 Å².